The van der Waals surface area contributed by atoms with Crippen molar-refractivity contribution < 1.29 is 9.53 Å². The number of nitrogens with zero attached hydrogens (tertiary/aromatic N) is 4. The second kappa shape index (κ2) is 6.84. The summed E-state index contributed by atoms with van der Waals surface area (Å²) in [6.45, 7) is 1.06. The fourth-order valence-corrected chi connectivity index (χ4v) is 4.04. The third kappa shape index (κ3) is 2.93. The number of carbonyl (C=O) groups excluding carboxylic acids is 1. The third-order valence-corrected chi connectivity index (χ3v) is 5.76. The summed E-state index contributed by atoms with van der Waals surface area (Å²) in [5, 5.41) is 0. The number of aryl methyl sites for hydroxylation is 1. The van der Waals surface area contributed by atoms with Gasteiger partial charge in [0.15, 0.2) is 5.65 Å². The van der Waals surface area contributed by atoms with Crippen LogP contribution in [-0.2, 0) is 7.05 Å². The summed E-state index contributed by atoms with van der Waals surface area (Å²) in [7, 11) is 3.32. The van der Waals surface area contributed by atoms with Crippen molar-refractivity contribution in [3.63, 3.8) is 0 Å². The molecule has 1 amide bonds. The minimum atomic E-state index is -0.106. The fourth-order valence-electron chi connectivity index (χ4n) is 3.62. The Morgan fingerprint density at radius 1 is 1.33 bits per heavy atom. The maximum atomic E-state index is 13.0. The van der Waals surface area contributed by atoms with E-state index in [2.05, 4.69) is 20.9 Å². The van der Waals surface area contributed by atoms with Crippen LogP contribution in [0.3, 0.4) is 0 Å². The lowest BCUT2D eigenvalue weighted by Gasteiger charge is -2.18. The van der Waals surface area contributed by atoms with E-state index in [1.54, 1.807) is 52.6 Å². The Balaban J connectivity index is 1.64. The first-order valence-corrected chi connectivity index (χ1v) is 9.45. The van der Waals surface area contributed by atoms with E-state index in [1.807, 2.05) is 12.1 Å². The Labute approximate surface area is 164 Å². The van der Waals surface area contributed by atoms with Gasteiger partial charge < -0.3 is 9.64 Å². The standard InChI is InChI=1S/C19H19BrN4O3/c1-22-16-4-3-8-21-17(16)24(19(22)26)12-7-9-23(11-12)18(25)14-10-13(27-2)5-6-15(14)20/h3-6,8,10,12H,7,9,11H2,1-2H3. The predicted octanol–water partition coefficient (Wildman–Crippen LogP) is 2.59. The maximum Gasteiger partial charge on any atom is 0.330 e. The summed E-state index contributed by atoms with van der Waals surface area (Å²) in [6.07, 6.45) is 2.40. The highest BCUT2D eigenvalue weighted by molar-refractivity contribution is 9.10. The number of pyridine rings is 1. The van der Waals surface area contributed by atoms with E-state index >= 15 is 0 Å². The van der Waals surface area contributed by atoms with Crippen molar-refractivity contribution in [3.8, 4) is 5.75 Å². The highest BCUT2D eigenvalue weighted by Gasteiger charge is 2.31. The first-order valence-electron chi connectivity index (χ1n) is 8.66. The topological polar surface area (TPSA) is 69.4 Å². The van der Waals surface area contributed by atoms with E-state index in [9.17, 15) is 9.59 Å². The van der Waals surface area contributed by atoms with Gasteiger partial charge in [0, 0.05) is 30.8 Å². The van der Waals surface area contributed by atoms with E-state index in [0.29, 0.717) is 36.5 Å². The van der Waals surface area contributed by atoms with Gasteiger partial charge in [0.1, 0.15) is 5.75 Å². The number of imidazole rings is 1. The number of hydrogen-bond donors (Lipinski definition) is 0. The van der Waals surface area contributed by atoms with Gasteiger partial charge in [-0.2, -0.15) is 0 Å². The molecule has 27 heavy (non-hydrogen) atoms. The Bertz CT molecular complexity index is 1090. The Morgan fingerprint density at radius 2 is 2.15 bits per heavy atom. The van der Waals surface area contributed by atoms with Crippen LogP contribution >= 0.6 is 15.9 Å². The molecule has 1 unspecified atom stereocenters. The Hall–Kier alpha value is -2.61. The molecule has 1 saturated heterocycles. The van der Waals surface area contributed by atoms with Crippen molar-refractivity contribution in [1.29, 1.82) is 0 Å². The lowest BCUT2D eigenvalue weighted by Crippen LogP contribution is -2.32. The Kier molecular flexibility index (Phi) is 4.51. The number of rotatable bonds is 3. The molecule has 0 radical (unpaired) electrons. The van der Waals surface area contributed by atoms with Gasteiger partial charge in [-0.1, -0.05) is 0 Å². The zero-order valence-corrected chi connectivity index (χ0v) is 16.6. The second-order valence-electron chi connectivity index (χ2n) is 6.60. The van der Waals surface area contributed by atoms with Gasteiger partial charge in [-0.3, -0.25) is 13.9 Å². The molecule has 1 atom stereocenters. The van der Waals surface area contributed by atoms with E-state index in [0.717, 1.165) is 9.99 Å². The smallest absolute Gasteiger partial charge is 0.330 e. The second-order valence-corrected chi connectivity index (χ2v) is 7.45. The normalized spacial score (nSPS) is 16.9. The number of aromatic nitrogens is 3. The van der Waals surface area contributed by atoms with Gasteiger partial charge in [0.2, 0.25) is 0 Å². The molecule has 4 rings (SSSR count). The zero-order valence-electron chi connectivity index (χ0n) is 15.1. The molecule has 1 aliphatic rings. The van der Waals surface area contributed by atoms with Gasteiger partial charge >= 0.3 is 5.69 Å². The molecular formula is C19H19BrN4O3. The highest BCUT2D eigenvalue weighted by Crippen LogP contribution is 2.28. The molecule has 0 aliphatic carbocycles. The van der Waals surface area contributed by atoms with Crippen LogP contribution in [0.1, 0.15) is 22.8 Å². The number of benzene rings is 1. The van der Waals surface area contributed by atoms with Crippen molar-refractivity contribution in [2.45, 2.75) is 12.5 Å². The number of carbonyl (C=O) groups is 1. The van der Waals surface area contributed by atoms with Crippen molar-refractivity contribution in [2.24, 2.45) is 7.05 Å². The molecule has 7 nitrogen and oxygen atoms in total. The number of amides is 1. The molecule has 1 aliphatic heterocycles. The van der Waals surface area contributed by atoms with Crippen LogP contribution in [0.15, 0.2) is 45.8 Å². The quantitative estimate of drug-likeness (QED) is 0.640. The molecule has 3 aromatic rings. The summed E-state index contributed by atoms with van der Waals surface area (Å²) in [6, 6.07) is 8.94. The van der Waals surface area contributed by atoms with Crippen LogP contribution < -0.4 is 10.4 Å². The number of methoxy groups -OCH3 is 1. The summed E-state index contributed by atoms with van der Waals surface area (Å²) < 4.78 is 9.27. The van der Waals surface area contributed by atoms with E-state index in [1.165, 1.54) is 0 Å². The molecule has 0 saturated carbocycles. The molecule has 0 N–H and O–H groups in total. The summed E-state index contributed by atoms with van der Waals surface area (Å²) >= 11 is 3.44. The molecule has 0 bridgehead atoms. The first kappa shape index (κ1) is 17.8. The molecular weight excluding hydrogens is 412 g/mol. The van der Waals surface area contributed by atoms with E-state index in [4.69, 9.17) is 4.74 Å². The third-order valence-electron chi connectivity index (χ3n) is 5.07. The van der Waals surface area contributed by atoms with Gasteiger partial charge in [-0.25, -0.2) is 9.78 Å². The first-order chi connectivity index (χ1) is 13.0. The molecule has 140 valence electrons. The molecule has 8 heteroatoms. The van der Waals surface area contributed by atoms with Crippen molar-refractivity contribution in [2.75, 3.05) is 20.2 Å². The van der Waals surface area contributed by atoms with Gasteiger partial charge in [-0.05, 0) is 52.7 Å². The van der Waals surface area contributed by atoms with E-state index < -0.39 is 0 Å². The maximum absolute atomic E-state index is 13.0. The number of likely N-dealkylation sites (tertiary alicyclic amines) is 1. The van der Waals surface area contributed by atoms with Gasteiger partial charge in [-0.15, -0.1) is 0 Å². The number of halogens is 1. The largest absolute Gasteiger partial charge is 0.497 e. The molecule has 1 fully saturated rings. The van der Waals surface area contributed by atoms with Gasteiger partial charge in [0.05, 0.1) is 24.2 Å². The van der Waals surface area contributed by atoms with Crippen LogP contribution in [0.25, 0.3) is 11.2 Å². The number of hydrogen-bond acceptors (Lipinski definition) is 4. The van der Waals surface area contributed by atoms with Crippen LogP contribution in [0, 0.1) is 0 Å². The highest BCUT2D eigenvalue weighted by atomic mass is 79.9. The summed E-state index contributed by atoms with van der Waals surface area (Å²) in [5.74, 6) is 0.552. The van der Waals surface area contributed by atoms with Crippen LogP contribution in [0.4, 0.5) is 0 Å². The summed E-state index contributed by atoms with van der Waals surface area (Å²) in [5.41, 5.74) is 1.90. The minimum Gasteiger partial charge on any atom is -0.497 e. The fraction of sp³-hybridized carbons (Fsp3) is 0.316. The van der Waals surface area contributed by atoms with Crippen molar-refractivity contribution >= 4 is 33.0 Å². The monoisotopic (exact) mass is 430 g/mol. The Morgan fingerprint density at radius 3 is 2.93 bits per heavy atom. The predicted molar refractivity (Wildman–Crippen MR) is 105 cm³/mol. The van der Waals surface area contributed by atoms with Crippen molar-refractivity contribution in [1.82, 2.24) is 19.0 Å². The molecule has 1 aromatic carbocycles. The van der Waals surface area contributed by atoms with E-state index in [-0.39, 0.29) is 17.6 Å². The molecule has 2 aromatic heterocycles. The average molecular weight is 431 g/mol. The number of fused-ring (bicyclic) bond motifs is 1. The number of ether oxygens (including phenoxy) is 1. The lowest BCUT2D eigenvalue weighted by molar-refractivity contribution is 0.0786. The SMILES string of the molecule is COc1ccc(Br)c(C(=O)N2CCC(n3c(=O)n(C)c4cccnc43)C2)c1. The zero-order chi connectivity index (χ0) is 19.1. The molecule has 3 heterocycles. The van der Waals surface area contributed by atoms with Gasteiger partial charge in [0.25, 0.3) is 5.91 Å². The average Bonchev–Trinajstić information content (AvgIpc) is 3.26. The minimum absolute atomic E-state index is 0.0791. The summed E-state index contributed by atoms with van der Waals surface area (Å²) in [4.78, 5) is 31.9. The van der Waals surface area contributed by atoms with Crippen LogP contribution in [0.2, 0.25) is 0 Å². The van der Waals surface area contributed by atoms with Crippen molar-refractivity contribution in [3.05, 3.63) is 57.0 Å². The lowest BCUT2D eigenvalue weighted by atomic mass is 10.2. The van der Waals surface area contributed by atoms with Crippen LogP contribution in [0.5, 0.6) is 5.75 Å². The van der Waals surface area contributed by atoms with Crippen LogP contribution in [-0.4, -0.2) is 45.1 Å². The molecule has 0 spiro atoms.